The predicted molar refractivity (Wildman–Crippen MR) is 40.6 cm³/mol. The van der Waals surface area contributed by atoms with Crippen molar-refractivity contribution in [1.82, 2.24) is 4.98 Å². The lowest BCUT2D eigenvalue weighted by Gasteiger charge is -2.03. The molecule has 13 heavy (non-hydrogen) atoms. The highest BCUT2D eigenvalue weighted by molar-refractivity contribution is 5.88. The summed E-state index contributed by atoms with van der Waals surface area (Å²) in [5.41, 5.74) is 4.04. The maximum absolute atomic E-state index is 12.1. The van der Waals surface area contributed by atoms with Gasteiger partial charge in [-0.25, -0.2) is 13.6 Å². The molecular formula is C7H6F2N2O2. The summed E-state index contributed by atoms with van der Waals surface area (Å²) < 4.78 is 24.1. The van der Waals surface area contributed by atoms with Crippen LogP contribution in [0.1, 0.15) is 22.5 Å². The van der Waals surface area contributed by atoms with E-state index in [0.717, 1.165) is 12.3 Å². The maximum atomic E-state index is 12.1. The molecule has 0 aliphatic rings. The fraction of sp³-hybridized carbons (Fsp3) is 0.143. The van der Waals surface area contributed by atoms with Gasteiger partial charge < -0.3 is 10.8 Å². The van der Waals surface area contributed by atoms with Crippen LogP contribution in [0.25, 0.3) is 0 Å². The minimum Gasteiger partial charge on any atom is -0.478 e. The lowest BCUT2D eigenvalue weighted by atomic mass is 10.2. The van der Waals surface area contributed by atoms with Crippen molar-refractivity contribution in [3.8, 4) is 0 Å². The summed E-state index contributed by atoms with van der Waals surface area (Å²) in [6.07, 6.45) is -1.94. The molecule has 4 nitrogen and oxygen atoms in total. The zero-order valence-electron chi connectivity index (χ0n) is 6.37. The van der Waals surface area contributed by atoms with Gasteiger partial charge in [-0.15, -0.1) is 0 Å². The molecule has 1 aromatic heterocycles. The molecule has 0 saturated carbocycles. The third-order valence-corrected chi connectivity index (χ3v) is 1.40. The first-order chi connectivity index (χ1) is 6.02. The second kappa shape index (κ2) is 3.34. The fourth-order valence-electron chi connectivity index (χ4n) is 0.792. The molecule has 0 unspecified atom stereocenters. The third kappa shape index (κ3) is 1.90. The summed E-state index contributed by atoms with van der Waals surface area (Å²) in [4.78, 5) is 13.6. The van der Waals surface area contributed by atoms with Gasteiger partial charge in [0.1, 0.15) is 5.69 Å². The van der Waals surface area contributed by atoms with E-state index in [1.165, 1.54) is 0 Å². The highest BCUT2D eigenvalue weighted by Crippen LogP contribution is 2.22. The van der Waals surface area contributed by atoms with Gasteiger partial charge in [0.15, 0.2) is 0 Å². The first-order valence-corrected chi connectivity index (χ1v) is 3.29. The van der Waals surface area contributed by atoms with Crippen molar-refractivity contribution in [1.29, 1.82) is 0 Å². The number of hydrogen-bond acceptors (Lipinski definition) is 3. The average molecular weight is 188 g/mol. The van der Waals surface area contributed by atoms with E-state index in [4.69, 9.17) is 10.8 Å². The van der Waals surface area contributed by atoms with E-state index in [-0.39, 0.29) is 11.3 Å². The SMILES string of the molecule is Nc1cc(C(=O)O)cnc1C(F)F. The molecular weight excluding hydrogens is 182 g/mol. The molecule has 0 aliphatic heterocycles. The molecule has 1 aromatic rings. The number of rotatable bonds is 2. The van der Waals surface area contributed by atoms with Gasteiger partial charge in [-0.1, -0.05) is 0 Å². The van der Waals surface area contributed by atoms with Gasteiger partial charge in [-0.3, -0.25) is 4.98 Å². The molecule has 0 radical (unpaired) electrons. The Morgan fingerprint density at radius 3 is 2.62 bits per heavy atom. The predicted octanol–water partition coefficient (Wildman–Crippen LogP) is 1.30. The monoisotopic (exact) mass is 188 g/mol. The molecule has 0 fully saturated rings. The lowest BCUT2D eigenvalue weighted by molar-refractivity contribution is 0.0695. The molecule has 1 heterocycles. The van der Waals surface area contributed by atoms with Gasteiger partial charge in [0.05, 0.1) is 11.3 Å². The number of hydrogen-bond donors (Lipinski definition) is 2. The summed E-state index contributed by atoms with van der Waals surface area (Å²) in [6, 6.07) is 0.955. The Morgan fingerprint density at radius 2 is 2.23 bits per heavy atom. The number of aromatic nitrogens is 1. The third-order valence-electron chi connectivity index (χ3n) is 1.40. The topological polar surface area (TPSA) is 76.2 Å². The van der Waals surface area contributed by atoms with E-state index < -0.39 is 18.1 Å². The van der Waals surface area contributed by atoms with Crippen molar-refractivity contribution in [3.05, 3.63) is 23.5 Å². The van der Waals surface area contributed by atoms with Crippen LogP contribution in [-0.2, 0) is 0 Å². The van der Waals surface area contributed by atoms with Gasteiger partial charge in [-0.05, 0) is 6.07 Å². The Bertz CT molecular complexity index is 341. The van der Waals surface area contributed by atoms with Crippen LogP contribution in [0, 0.1) is 0 Å². The summed E-state index contributed by atoms with van der Waals surface area (Å²) in [7, 11) is 0. The molecule has 0 aliphatic carbocycles. The van der Waals surface area contributed by atoms with Crippen LogP contribution in [0.3, 0.4) is 0 Å². The van der Waals surface area contributed by atoms with Gasteiger partial charge >= 0.3 is 5.97 Å². The minimum absolute atomic E-state index is 0.207. The zero-order valence-corrected chi connectivity index (χ0v) is 6.37. The standard InChI is InChI=1S/C7H6F2N2O2/c8-6(9)5-4(10)1-3(2-11-5)7(12)13/h1-2,6H,10H2,(H,12,13). The summed E-state index contributed by atoms with van der Waals surface area (Å²) in [6.45, 7) is 0. The number of pyridine rings is 1. The molecule has 0 aromatic carbocycles. The number of aromatic carboxylic acids is 1. The smallest absolute Gasteiger partial charge is 0.337 e. The van der Waals surface area contributed by atoms with Gasteiger partial charge in [-0.2, -0.15) is 0 Å². The van der Waals surface area contributed by atoms with Gasteiger partial charge in [0, 0.05) is 6.20 Å². The number of nitrogens with zero attached hydrogens (tertiary/aromatic N) is 1. The van der Waals surface area contributed by atoms with Crippen molar-refractivity contribution in [2.75, 3.05) is 5.73 Å². The highest BCUT2D eigenvalue weighted by Gasteiger charge is 2.14. The number of carbonyl (C=O) groups is 1. The first kappa shape index (κ1) is 9.37. The lowest BCUT2D eigenvalue weighted by Crippen LogP contribution is -2.03. The quantitative estimate of drug-likeness (QED) is 0.733. The zero-order chi connectivity index (χ0) is 10.0. The van der Waals surface area contributed by atoms with E-state index in [9.17, 15) is 13.6 Å². The highest BCUT2D eigenvalue weighted by atomic mass is 19.3. The van der Waals surface area contributed by atoms with Crippen LogP contribution in [0.2, 0.25) is 0 Å². The van der Waals surface area contributed by atoms with Crippen molar-refractivity contribution >= 4 is 11.7 Å². The van der Waals surface area contributed by atoms with E-state index >= 15 is 0 Å². The molecule has 1 rings (SSSR count). The normalized spacial score (nSPS) is 10.4. The number of nitrogens with two attached hydrogens (primary N) is 1. The molecule has 0 amide bonds. The molecule has 0 spiro atoms. The summed E-state index contributed by atoms with van der Waals surface area (Å²) in [5.74, 6) is -1.25. The van der Waals surface area contributed by atoms with E-state index in [0.29, 0.717) is 0 Å². The Kier molecular flexibility index (Phi) is 2.41. The van der Waals surface area contributed by atoms with Crippen LogP contribution in [0.4, 0.5) is 14.5 Å². The van der Waals surface area contributed by atoms with Crippen LogP contribution in [0.15, 0.2) is 12.3 Å². The molecule has 0 bridgehead atoms. The van der Waals surface area contributed by atoms with Crippen molar-refractivity contribution in [2.24, 2.45) is 0 Å². The largest absolute Gasteiger partial charge is 0.478 e. The molecule has 70 valence electrons. The van der Waals surface area contributed by atoms with E-state index in [1.807, 2.05) is 0 Å². The Morgan fingerprint density at radius 1 is 1.62 bits per heavy atom. The number of alkyl halides is 2. The van der Waals surface area contributed by atoms with E-state index in [1.54, 1.807) is 0 Å². The second-order valence-electron chi connectivity index (χ2n) is 2.30. The molecule has 0 saturated heterocycles. The molecule has 6 heteroatoms. The van der Waals surface area contributed by atoms with Crippen LogP contribution >= 0.6 is 0 Å². The Hall–Kier alpha value is -1.72. The number of halogens is 2. The average Bonchev–Trinajstić information content (AvgIpc) is 2.03. The number of anilines is 1. The fourth-order valence-corrected chi connectivity index (χ4v) is 0.792. The van der Waals surface area contributed by atoms with E-state index in [2.05, 4.69) is 4.98 Å². The number of carboxylic acids is 1. The molecule has 0 atom stereocenters. The summed E-state index contributed by atoms with van der Waals surface area (Å²) in [5, 5.41) is 8.46. The van der Waals surface area contributed by atoms with Crippen molar-refractivity contribution in [3.63, 3.8) is 0 Å². The van der Waals surface area contributed by atoms with Crippen molar-refractivity contribution in [2.45, 2.75) is 6.43 Å². The van der Waals surface area contributed by atoms with Crippen LogP contribution < -0.4 is 5.73 Å². The number of carboxylic acid groups (broad SMARTS) is 1. The minimum atomic E-state index is -2.79. The summed E-state index contributed by atoms with van der Waals surface area (Å²) >= 11 is 0. The molecule has 3 N–H and O–H groups in total. The Labute approximate surface area is 72.0 Å². The first-order valence-electron chi connectivity index (χ1n) is 3.29. The van der Waals surface area contributed by atoms with Crippen LogP contribution in [-0.4, -0.2) is 16.1 Å². The van der Waals surface area contributed by atoms with Gasteiger partial charge in [0.25, 0.3) is 6.43 Å². The van der Waals surface area contributed by atoms with Gasteiger partial charge in [0.2, 0.25) is 0 Å². The van der Waals surface area contributed by atoms with Crippen LogP contribution in [0.5, 0.6) is 0 Å². The second-order valence-corrected chi connectivity index (χ2v) is 2.30. The van der Waals surface area contributed by atoms with Crippen molar-refractivity contribution < 1.29 is 18.7 Å². The maximum Gasteiger partial charge on any atom is 0.337 e. The number of nitrogen functional groups attached to an aromatic ring is 1. The Balaban J connectivity index is 3.13.